The number of aliphatic hydroxyl groups is 4. The minimum Gasteiger partial charge on any atom is -0.456 e. The number of carbonyl (C=O) groups is 5. The van der Waals surface area contributed by atoms with Gasteiger partial charge in [-0.3, -0.25) is 14.4 Å². The van der Waals surface area contributed by atoms with E-state index < -0.39 is 113 Å². The fourth-order valence-electron chi connectivity index (χ4n) is 10.2. The molecule has 0 unspecified atom stereocenters. The maximum Gasteiger partial charge on any atom is 0.408 e. The molecule has 0 radical (unpaired) electrons. The van der Waals surface area contributed by atoms with Crippen LogP contribution in [-0.2, 0) is 38.1 Å². The Balaban J connectivity index is 1.51. The van der Waals surface area contributed by atoms with Crippen molar-refractivity contribution in [3.05, 3.63) is 82.9 Å². The second-order valence-electron chi connectivity index (χ2n) is 18.4. The molecule has 1 saturated heterocycles. The predicted molar refractivity (Wildman–Crippen MR) is 213 cm³/mol. The predicted octanol–water partition coefficient (Wildman–Crippen LogP) is 3.69. The van der Waals surface area contributed by atoms with Crippen LogP contribution in [0.25, 0.3) is 0 Å². The summed E-state index contributed by atoms with van der Waals surface area (Å²) in [6.45, 7) is 11.6. The fourth-order valence-corrected chi connectivity index (χ4v) is 10.2. The fraction of sp³-hybridized carbons (Fsp3) is 0.578. The molecule has 2 saturated carbocycles. The van der Waals surface area contributed by atoms with E-state index in [9.17, 15) is 39.6 Å². The second kappa shape index (κ2) is 16.1. The molecule has 5 N–H and O–H groups in total. The van der Waals surface area contributed by atoms with Gasteiger partial charge in [-0.15, -0.1) is 0 Å². The lowest BCUT2D eigenvalue weighted by atomic mass is 9.45. The molecule has 3 aliphatic carbocycles. The number of alkyl carbamates (subject to hydrolysis) is 1. The van der Waals surface area contributed by atoms with Crippen LogP contribution in [0.5, 0.6) is 0 Å². The zero-order chi connectivity index (χ0) is 44.2. The van der Waals surface area contributed by atoms with Crippen LogP contribution in [0.4, 0.5) is 4.79 Å². The molecule has 3 fully saturated rings. The maximum absolute atomic E-state index is 15.1. The van der Waals surface area contributed by atoms with Gasteiger partial charge in [0, 0.05) is 31.6 Å². The van der Waals surface area contributed by atoms with Crippen LogP contribution in [0.15, 0.2) is 71.8 Å². The standard InChI is InChI=1S/C45H57NO14/c1-25-29(57-24-43(54,23-47)35(27-15-11-9-12-16-27)46-39(53)60-40(3,4)5)22-45(55)37(58-38(52)28-17-13-10-14-18-28)34-42(8,36(51)33(50)32(25)41(45,6)7)30(49)21-31-44(34,19-20-56-31)59-26(2)48/h9-18,23,29-31,33-35,37,49-50,54-55H,19-22,24H2,1-8H3,(H,46,53)/t29-,30-,31+,33+,34-,35-,37-,42+,43+,44-,45+/m0/s1. The summed E-state index contributed by atoms with van der Waals surface area (Å²) in [5.74, 6) is -4.02. The number of nitrogens with one attached hydrogen (secondary N) is 1. The van der Waals surface area contributed by atoms with Gasteiger partial charge < -0.3 is 49.4 Å². The van der Waals surface area contributed by atoms with Crippen molar-refractivity contribution in [2.75, 3.05) is 13.2 Å². The number of ketones is 1. The highest BCUT2D eigenvalue weighted by Crippen LogP contribution is 2.64. The van der Waals surface area contributed by atoms with E-state index in [0.717, 1.165) is 0 Å². The number of aliphatic hydroxyl groups excluding tert-OH is 2. The summed E-state index contributed by atoms with van der Waals surface area (Å²) in [5, 5.41) is 52.6. The Morgan fingerprint density at radius 3 is 2.22 bits per heavy atom. The van der Waals surface area contributed by atoms with E-state index in [1.165, 1.54) is 26.0 Å². The molecule has 6 rings (SSSR count). The molecule has 4 aliphatic rings. The Morgan fingerprint density at radius 1 is 1.02 bits per heavy atom. The number of hydrogen-bond donors (Lipinski definition) is 5. The van der Waals surface area contributed by atoms with Crippen LogP contribution in [0.3, 0.4) is 0 Å². The number of aldehydes is 1. The molecule has 326 valence electrons. The molecule has 1 aliphatic heterocycles. The SMILES string of the molecule is CC(=O)O[C@@]12CCO[C@@H]1C[C@H](O)[C@@]1(C)C(=O)[C@H](O)C3=C(C)[C@@H](OC[C@](O)(C=O)[C@@H](NC(=O)OC(C)(C)C)c4ccccc4)C[C@@](O)([C@@H](OC(=O)c4ccccc4)[C@H]21)C3(C)C. The molecule has 11 atom stereocenters. The molecular formula is C45H57NO14. The van der Waals surface area contributed by atoms with Gasteiger partial charge in [-0.25, -0.2) is 9.59 Å². The zero-order valence-corrected chi connectivity index (χ0v) is 35.3. The van der Waals surface area contributed by atoms with Crippen molar-refractivity contribution in [1.29, 1.82) is 0 Å². The molecule has 1 amide bonds. The Bertz CT molecular complexity index is 2010. The van der Waals surface area contributed by atoms with Gasteiger partial charge in [-0.1, -0.05) is 62.4 Å². The number of hydrogen-bond acceptors (Lipinski definition) is 14. The first-order chi connectivity index (χ1) is 28.0. The lowest BCUT2D eigenvalue weighted by Crippen LogP contribution is -2.77. The number of rotatable bonds is 10. The number of esters is 2. The Kier molecular flexibility index (Phi) is 12.1. The van der Waals surface area contributed by atoms with Crippen molar-refractivity contribution in [3.63, 3.8) is 0 Å². The monoisotopic (exact) mass is 835 g/mol. The van der Waals surface area contributed by atoms with Gasteiger partial charge in [0.05, 0.1) is 48.4 Å². The van der Waals surface area contributed by atoms with E-state index in [2.05, 4.69) is 5.32 Å². The third kappa shape index (κ3) is 7.57. The number of amides is 1. The lowest BCUT2D eigenvalue weighted by Gasteiger charge is -2.64. The normalized spacial score (nSPS) is 33.8. The molecule has 2 bridgehead atoms. The summed E-state index contributed by atoms with van der Waals surface area (Å²) < 4.78 is 30.5. The number of benzene rings is 2. The minimum atomic E-state index is -2.46. The number of fused-ring (bicyclic) bond motifs is 5. The first-order valence-corrected chi connectivity index (χ1v) is 20.2. The van der Waals surface area contributed by atoms with Crippen molar-refractivity contribution in [2.45, 2.75) is 134 Å². The highest BCUT2D eigenvalue weighted by molar-refractivity contribution is 5.94. The van der Waals surface area contributed by atoms with E-state index in [0.29, 0.717) is 5.56 Å². The van der Waals surface area contributed by atoms with Gasteiger partial charge >= 0.3 is 18.0 Å². The van der Waals surface area contributed by atoms with Crippen molar-refractivity contribution in [1.82, 2.24) is 5.32 Å². The molecule has 1 heterocycles. The highest BCUT2D eigenvalue weighted by atomic mass is 16.6. The third-order valence-corrected chi connectivity index (χ3v) is 13.2. The maximum atomic E-state index is 15.1. The van der Waals surface area contributed by atoms with Crippen LogP contribution in [-0.4, -0.2) is 117 Å². The van der Waals surface area contributed by atoms with Crippen LogP contribution in [0, 0.1) is 16.7 Å². The van der Waals surface area contributed by atoms with Gasteiger partial charge in [0.1, 0.15) is 35.1 Å². The van der Waals surface area contributed by atoms with Crippen molar-refractivity contribution in [3.8, 4) is 0 Å². The quantitative estimate of drug-likeness (QED) is 0.0997. The summed E-state index contributed by atoms with van der Waals surface area (Å²) >= 11 is 0. The molecular weight excluding hydrogens is 778 g/mol. The minimum absolute atomic E-state index is 0.00301. The number of ether oxygens (including phenoxy) is 5. The molecule has 2 aromatic carbocycles. The van der Waals surface area contributed by atoms with Gasteiger partial charge in [0.2, 0.25) is 0 Å². The van der Waals surface area contributed by atoms with Gasteiger partial charge in [-0.2, -0.15) is 0 Å². The number of Topliss-reactive ketones (excluding diaryl/α,β-unsaturated/α-hetero) is 1. The smallest absolute Gasteiger partial charge is 0.408 e. The average Bonchev–Trinajstić information content (AvgIpc) is 3.58. The van der Waals surface area contributed by atoms with Gasteiger partial charge in [0.25, 0.3) is 0 Å². The molecule has 2 aromatic rings. The summed E-state index contributed by atoms with van der Waals surface area (Å²) in [4.78, 5) is 68.5. The van der Waals surface area contributed by atoms with Crippen molar-refractivity contribution >= 4 is 30.1 Å². The van der Waals surface area contributed by atoms with E-state index in [1.54, 1.807) is 90.1 Å². The van der Waals surface area contributed by atoms with Crippen LogP contribution < -0.4 is 5.32 Å². The first kappa shape index (κ1) is 45.0. The summed E-state index contributed by atoms with van der Waals surface area (Å²) in [6, 6.07) is 14.7. The largest absolute Gasteiger partial charge is 0.456 e. The highest BCUT2D eigenvalue weighted by Gasteiger charge is 2.76. The number of carbonyl (C=O) groups excluding carboxylic acids is 5. The van der Waals surface area contributed by atoms with Crippen LogP contribution >= 0.6 is 0 Å². The third-order valence-electron chi connectivity index (χ3n) is 13.2. The van der Waals surface area contributed by atoms with Gasteiger partial charge in [-0.05, 0) is 63.5 Å². The van der Waals surface area contributed by atoms with E-state index in [1.807, 2.05) is 0 Å². The molecule has 15 heteroatoms. The lowest BCUT2D eigenvalue weighted by molar-refractivity contribution is -0.274. The van der Waals surface area contributed by atoms with Gasteiger partial charge in [0.15, 0.2) is 17.7 Å². The summed E-state index contributed by atoms with van der Waals surface area (Å²) in [6.07, 6.45) is -8.82. The van der Waals surface area contributed by atoms with Crippen molar-refractivity contribution in [2.24, 2.45) is 16.7 Å². The van der Waals surface area contributed by atoms with Crippen LogP contribution in [0.1, 0.15) is 96.6 Å². The summed E-state index contributed by atoms with van der Waals surface area (Å²) in [7, 11) is 0. The van der Waals surface area contributed by atoms with E-state index >= 15 is 4.79 Å². The second-order valence-corrected chi connectivity index (χ2v) is 18.4. The topological polar surface area (TPSA) is 224 Å². The molecule has 15 nitrogen and oxygen atoms in total. The van der Waals surface area contributed by atoms with Crippen molar-refractivity contribution < 1.29 is 68.1 Å². The molecule has 0 spiro atoms. The zero-order valence-electron chi connectivity index (χ0n) is 35.3. The average molecular weight is 836 g/mol. The molecule has 0 aromatic heterocycles. The Hall–Kier alpha value is -4.51. The van der Waals surface area contributed by atoms with E-state index in [-0.39, 0.29) is 42.4 Å². The van der Waals surface area contributed by atoms with E-state index in [4.69, 9.17) is 23.7 Å². The Morgan fingerprint density at radius 2 is 1.63 bits per heavy atom. The molecule has 60 heavy (non-hydrogen) atoms. The summed E-state index contributed by atoms with van der Waals surface area (Å²) in [5.41, 5.74) is -10.3. The van der Waals surface area contributed by atoms with Crippen LogP contribution in [0.2, 0.25) is 0 Å². The Labute approximate surface area is 349 Å². The first-order valence-electron chi connectivity index (χ1n) is 20.2.